The molecular weight excluding hydrogens is 402 g/mol. The second-order valence-corrected chi connectivity index (χ2v) is 9.09. The number of fused-ring (bicyclic) bond motifs is 2. The molecule has 4 rings (SSSR count). The first kappa shape index (κ1) is 22.5. The van der Waals surface area contributed by atoms with Gasteiger partial charge in [0.2, 0.25) is 11.8 Å². The number of carbonyl (C=O) groups excluding carboxylic acids is 2. The number of benzene rings is 2. The molecule has 2 aliphatic heterocycles. The molecule has 0 saturated carbocycles. The van der Waals surface area contributed by atoms with Gasteiger partial charge in [0.15, 0.2) is 0 Å². The Labute approximate surface area is 190 Å². The van der Waals surface area contributed by atoms with E-state index in [1.165, 1.54) is 18.4 Å². The van der Waals surface area contributed by atoms with Crippen LogP contribution in [0, 0.1) is 0 Å². The molecule has 0 aliphatic carbocycles. The number of primary amides is 1. The maximum absolute atomic E-state index is 12.2. The van der Waals surface area contributed by atoms with Crippen molar-refractivity contribution in [3.05, 3.63) is 71.3 Å². The lowest BCUT2D eigenvalue weighted by molar-refractivity contribution is -0.134. The molecule has 2 atom stereocenters. The van der Waals surface area contributed by atoms with Gasteiger partial charge in [0.25, 0.3) is 0 Å². The number of hydrogen-bond donors (Lipinski definition) is 2. The van der Waals surface area contributed by atoms with Gasteiger partial charge in [-0.25, -0.2) is 0 Å². The lowest BCUT2D eigenvalue weighted by Gasteiger charge is -2.39. The summed E-state index contributed by atoms with van der Waals surface area (Å²) in [5.41, 5.74) is 8.36. The maximum Gasteiger partial charge on any atom is 0.248 e. The van der Waals surface area contributed by atoms with Crippen LogP contribution < -0.4 is 5.73 Å². The Bertz CT molecular complexity index is 919. The molecule has 2 heterocycles. The van der Waals surface area contributed by atoms with Gasteiger partial charge >= 0.3 is 0 Å². The first-order valence-corrected chi connectivity index (χ1v) is 11.6. The van der Waals surface area contributed by atoms with Crippen molar-refractivity contribution in [3.63, 3.8) is 0 Å². The van der Waals surface area contributed by atoms with E-state index < -0.39 is 6.61 Å². The molecule has 6 heteroatoms. The first-order valence-electron chi connectivity index (χ1n) is 11.6. The third-order valence-electron chi connectivity index (χ3n) is 7.08. The van der Waals surface area contributed by atoms with Crippen LogP contribution in [0.25, 0.3) is 0 Å². The van der Waals surface area contributed by atoms with Crippen LogP contribution in [0.5, 0.6) is 0 Å². The molecule has 2 unspecified atom stereocenters. The van der Waals surface area contributed by atoms with E-state index in [2.05, 4.69) is 11.0 Å². The molecule has 2 amide bonds. The lowest BCUT2D eigenvalue weighted by Crippen LogP contribution is -2.44. The minimum absolute atomic E-state index is 0.218. The second kappa shape index (κ2) is 10.3. The zero-order valence-corrected chi connectivity index (χ0v) is 18.5. The van der Waals surface area contributed by atoms with Crippen molar-refractivity contribution in [3.8, 4) is 0 Å². The van der Waals surface area contributed by atoms with Crippen LogP contribution in [-0.4, -0.2) is 58.5 Å². The van der Waals surface area contributed by atoms with E-state index in [1.54, 1.807) is 11.0 Å². The van der Waals surface area contributed by atoms with E-state index in [9.17, 15) is 14.7 Å². The number of rotatable bonds is 9. The molecule has 170 valence electrons. The first-order chi connectivity index (χ1) is 15.5. The maximum atomic E-state index is 12.2. The zero-order chi connectivity index (χ0) is 22.5. The fraction of sp³-hybridized carbons (Fsp3) is 0.462. The summed E-state index contributed by atoms with van der Waals surface area (Å²) in [6, 6.07) is 18.8. The van der Waals surface area contributed by atoms with Crippen molar-refractivity contribution in [2.45, 2.75) is 56.7 Å². The molecule has 0 radical (unpaired) electrons. The van der Waals surface area contributed by atoms with Gasteiger partial charge in [0, 0.05) is 37.3 Å². The number of carbonyl (C=O) groups is 2. The highest BCUT2D eigenvalue weighted by Crippen LogP contribution is 2.43. The number of aliphatic hydroxyl groups is 1. The minimum Gasteiger partial charge on any atom is -0.387 e. The van der Waals surface area contributed by atoms with Crippen molar-refractivity contribution >= 4 is 11.8 Å². The van der Waals surface area contributed by atoms with Crippen LogP contribution in [-0.2, 0) is 11.3 Å². The predicted octanol–water partition coefficient (Wildman–Crippen LogP) is 2.91. The van der Waals surface area contributed by atoms with E-state index in [0.717, 1.165) is 31.4 Å². The lowest BCUT2D eigenvalue weighted by atomic mass is 9.84. The SMILES string of the molecule is NC(=O)c1cccc(C2CC3CCC(C2)N3CCCN(Cc2ccccc2)C(=O)CO)c1. The van der Waals surface area contributed by atoms with E-state index in [4.69, 9.17) is 5.73 Å². The predicted molar refractivity (Wildman–Crippen MR) is 124 cm³/mol. The minimum atomic E-state index is -0.451. The summed E-state index contributed by atoms with van der Waals surface area (Å²) < 4.78 is 0. The fourth-order valence-electron chi connectivity index (χ4n) is 5.50. The molecule has 2 aromatic carbocycles. The van der Waals surface area contributed by atoms with Crippen LogP contribution >= 0.6 is 0 Å². The number of nitrogens with two attached hydrogens (primary N) is 1. The van der Waals surface area contributed by atoms with Crippen LogP contribution in [0.2, 0.25) is 0 Å². The summed E-state index contributed by atoms with van der Waals surface area (Å²) in [7, 11) is 0. The Morgan fingerprint density at radius 2 is 1.75 bits per heavy atom. The second-order valence-electron chi connectivity index (χ2n) is 9.09. The Balaban J connectivity index is 1.33. The van der Waals surface area contributed by atoms with Crippen LogP contribution in [0.4, 0.5) is 0 Å². The summed E-state index contributed by atoms with van der Waals surface area (Å²) in [5, 5.41) is 9.39. The third kappa shape index (κ3) is 5.19. The molecule has 32 heavy (non-hydrogen) atoms. The number of aliphatic hydroxyl groups excluding tert-OH is 1. The molecule has 2 bridgehead atoms. The number of hydrogen-bond acceptors (Lipinski definition) is 4. The smallest absolute Gasteiger partial charge is 0.248 e. The molecule has 2 saturated heterocycles. The normalized spacial score (nSPS) is 22.6. The van der Waals surface area contributed by atoms with E-state index >= 15 is 0 Å². The molecule has 0 aromatic heterocycles. The van der Waals surface area contributed by atoms with Crippen molar-refractivity contribution in [2.75, 3.05) is 19.7 Å². The Morgan fingerprint density at radius 3 is 2.41 bits per heavy atom. The number of nitrogens with zero attached hydrogens (tertiary/aromatic N) is 2. The van der Waals surface area contributed by atoms with E-state index in [1.807, 2.05) is 42.5 Å². The monoisotopic (exact) mass is 435 g/mol. The van der Waals surface area contributed by atoms with Crippen LogP contribution in [0.3, 0.4) is 0 Å². The fourth-order valence-corrected chi connectivity index (χ4v) is 5.50. The van der Waals surface area contributed by atoms with Gasteiger partial charge in [-0.2, -0.15) is 0 Å². The molecule has 3 N–H and O–H groups in total. The van der Waals surface area contributed by atoms with Crippen LogP contribution in [0.1, 0.15) is 59.5 Å². The van der Waals surface area contributed by atoms with Crippen molar-refractivity contribution in [1.29, 1.82) is 0 Å². The highest BCUT2D eigenvalue weighted by molar-refractivity contribution is 5.92. The largest absolute Gasteiger partial charge is 0.387 e. The van der Waals surface area contributed by atoms with Crippen molar-refractivity contribution in [2.24, 2.45) is 5.73 Å². The number of piperidine rings is 1. The summed E-state index contributed by atoms with van der Waals surface area (Å²) in [4.78, 5) is 28.2. The Morgan fingerprint density at radius 1 is 1.03 bits per heavy atom. The standard InChI is InChI=1S/C26H33N3O3/c27-26(32)21-9-4-8-20(14-21)22-15-23-10-11-24(16-22)29(23)13-5-12-28(25(31)18-30)17-19-6-2-1-3-7-19/h1-4,6-9,14,22-24,30H,5,10-13,15-18H2,(H2,27,32). The van der Waals surface area contributed by atoms with E-state index in [-0.39, 0.29) is 11.8 Å². The molecule has 2 fully saturated rings. The topological polar surface area (TPSA) is 86.9 Å². The van der Waals surface area contributed by atoms with Gasteiger partial charge in [-0.05, 0) is 61.3 Å². The average Bonchev–Trinajstić information content (AvgIpc) is 3.05. The molecule has 0 spiro atoms. The van der Waals surface area contributed by atoms with Gasteiger partial charge in [-0.3, -0.25) is 14.5 Å². The molecule has 6 nitrogen and oxygen atoms in total. The Hall–Kier alpha value is -2.70. The Kier molecular flexibility index (Phi) is 7.22. The molecular formula is C26H33N3O3. The summed E-state index contributed by atoms with van der Waals surface area (Å²) in [6.45, 7) is 1.70. The molecule has 2 aromatic rings. The van der Waals surface area contributed by atoms with Gasteiger partial charge in [0.1, 0.15) is 6.61 Å². The van der Waals surface area contributed by atoms with Crippen LogP contribution in [0.15, 0.2) is 54.6 Å². The van der Waals surface area contributed by atoms with Gasteiger partial charge < -0.3 is 15.7 Å². The van der Waals surface area contributed by atoms with E-state index in [0.29, 0.717) is 36.7 Å². The molecule has 2 aliphatic rings. The summed E-state index contributed by atoms with van der Waals surface area (Å²) in [5.74, 6) is -0.122. The quantitative estimate of drug-likeness (QED) is 0.634. The number of amides is 2. The highest BCUT2D eigenvalue weighted by Gasteiger charge is 2.40. The average molecular weight is 436 g/mol. The van der Waals surface area contributed by atoms with Crippen molar-refractivity contribution < 1.29 is 14.7 Å². The van der Waals surface area contributed by atoms with Crippen molar-refractivity contribution in [1.82, 2.24) is 9.80 Å². The summed E-state index contributed by atoms with van der Waals surface area (Å²) in [6.07, 6.45) is 5.51. The third-order valence-corrected chi connectivity index (χ3v) is 7.08. The van der Waals surface area contributed by atoms with Gasteiger partial charge in [-0.15, -0.1) is 0 Å². The highest BCUT2D eigenvalue weighted by atomic mass is 16.3. The zero-order valence-electron chi connectivity index (χ0n) is 18.5. The summed E-state index contributed by atoms with van der Waals surface area (Å²) >= 11 is 0. The van der Waals surface area contributed by atoms with Gasteiger partial charge in [-0.1, -0.05) is 42.5 Å². The van der Waals surface area contributed by atoms with Gasteiger partial charge in [0.05, 0.1) is 0 Å².